The maximum Gasteiger partial charge on any atom is 0.269 e. The van der Waals surface area contributed by atoms with E-state index >= 15 is 0 Å². The van der Waals surface area contributed by atoms with Gasteiger partial charge in [-0.3, -0.25) is 20.2 Å². The van der Waals surface area contributed by atoms with Crippen LogP contribution in [0.2, 0.25) is 0 Å². The number of nitrogens with zero attached hydrogens (tertiary/aromatic N) is 3. The molecule has 1 aliphatic carbocycles. The molecule has 0 heterocycles. The summed E-state index contributed by atoms with van der Waals surface area (Å²) in [6, 6.07) is 6.78. The first-order valence-corrected chi connectivity index (χ1v) is 19.2. The summed E-state index contributed by atoms with van der Waals surface area (Å²) in [4.78, 5) is 22.5. The summed E-state index contributed by atoms with van der Waals surface area (Å²) in [7, 11) is 2.34. The van der Waals surface area contributed by atoms with Crippen molar-refractivity contribution in [2.45, 2.75) is 79.6 Å². The van der Waals surface area contributed by atoms with Crippen LogP contribution in [0.25, 0.3) is 5.57 Å². The molecule has 0 amide bonds. The van der Waals surface area contributed by atoms with Crippen molar-refractivity contribution in [2.24, 2.45) is 5.92 Å². The van der Waals surface area contributed by atoms with Crippen LogP contribution < -0.4 is 0 Å². The summed E-state index contributed by atoms with van der Waals surface area (Å²) >= 11 is 0. The van der Waals surface area contributed by atoms with Gasteiger partial charge in [-0.2, -0.15) is 0 Å². The molecule has 0 spiro atoms. The minimum Gasteiger partial charge on any atom is -0.323 e. The molecule has 0 radical (unpaired) electrons. The van der Waals surface area contributed by atoms with Crippen molar-refractivity contribution in [1.82, 2.24) is 0 Å². The van der Waals surface area contributed by atoms with E-state index in [2.05, 4.69) is 77.9 Å². The molecule has 7 nitrogen and oxygen atoms in total. The fourth-order valence-corrected chi connectivity index (χ4v) is 7.03. The van der Waals surface area contributed by atoms with Crippen molar-refractivity contribution in [1.29, 1.82) is 0 Å². The zero-order valence-corrected chi connectivity index (χ0v) is 33.6. The second-order valence-corrected chi connectivity index (χ2v) is 14.2. The lowest BCUT2D eigenvalue weighted by Crippen LogP contribution is -2.47. The Morgan fingerprint density at radius 1 is 1.02 bits per heavy atom. The molecule has 2 unspecified atom stereocenters. The largest absolute Gasteiger partial charge is 0.323 e. The van der Waals surface area contributed by atoms with Crippen LogP contribution in [0, 0.1) is 26.1 Å². The first kappa shape index (κ1) is 45.0. The molecule has 2 rings (SSSR count). The summed E-state index contributed by atoms with van der Waals surface area (Å²) < 4.78 is 0.863. The number of hydrogen-bond donors (Lipinski definition) is 0. The van der Waals surface area contributed by atoms with E-state index in [-0.39, 0.29) is 27.1 Å². The minimum atomic E-state index is -0.374. The van der Waals surface area contributed by atoms with E-state index < -0.39 is 0 Å². The van der Waals surface area contributed by atoms with Gasteiger partial charge in [0, 0.05) is 24.1 Å². The monoisotopic (exact) mass is 732 g/mol. The van der Waals surface area contributed by atoms with Gasteiger partial charge in [0.2, 0.25) is 0 Å². The van der Waals surface area contributed by atoms with Crippen LogP contribution in [0.5, 0.6) is 0 Å². The highest BCUT2D eigenvalue weighted by molar-refractivity contribution is 5.79. The minimum absolute atomic E-state index is 0.0506. The smallest absolute Gasteiger partial charge is 0.269 e. The van der Waals surface area contributed by atoms with Crippen LogP contribution in [0.15, 0.2) is 162 Å². The maximum atomic E-state index is 11.8. The molecule has 1 aromatic carbocycles. The number of non-ortho nitro benzene ring substituents is 1. The quantitative estimate of drug-likeness (QED) is 0.0390. The highest BCUT2D eigenvalue weighted by atomic mass is 16.6. The third-order valence-electron chi connectivity index (χ3n) is 9.52. The van der Waals surface area contributed by atoms with E-state index in [9.17, 15) is 20.2 Å². The Morgan fingerprint density at radius 2 is 1.74 bits per heavy atom. The van der Waals surface area contributed by atoms with E-state index in [0.29, 0.717) is 25.7 Å². The van der Waals surface area contributed by atoms with Crippen molar-refractivity contribution in [2.75, 3.05) is 26.7 Å². The number of likely N-dealkylation sites (N-methyl/N-ethyl adjacent to an activating group) is 1. The summed E-state index contributed by atoms with van der Waals surface area (Å²) in [5.41, 5.74) is 8.57. The zero-order valence-electron chi connectivity index (χ0n) is 33.6. The first-order chi connectivity index (χ1) is 25.9. The summed E-state index contributed by atoms with van der Waals surface area (Å²) in [5, 5.41) is 23.3. The number of benzene rings is 1. The molecule has 0 saturated carbocycles. The average Bonchev–Trinajstić information content (AvgIpc) is 3.12. The van der Waals surface area contributed by atoms with Gasteiger partial charge in [0.05, 0.1) is 30.0 Å². The molecular formula is C47H62N3O4+. The van der Waals surface area contributed by atoms with E-state index in [4.69, 9.17) is 0 Å². The summed E-state index contributed by atoms with van der Waals surface area (Å²) in [6.07, 6.45) is 31.2. The molecule has 0 N–H and O–H groups in total. The second kappa shape index (κ2) is 23.5. The van der Waals surface area contributed by atoms with Gasteiger partial charge >= 0.3 is 0 Å². The van der Waals surface area contributed by atoms with Crippen LogP contribution in [0.3, 0.4) is 0 Å². The SMILES string of the molecule is C=C/C=C(CC=C)/C(=C(\CC(=C)/C=C\C(=C/CC)[N+](=O)[O-])C[N+](C)(CCC)CCCC)C1\C=C/C(/C=C\C=C/C)=C\C(c2ccc([N+](=O)[O-])cc2)=C(\C)C1. The van der Waals surface area contributed by atoms with Gasteiger partial charge in [-0.05, 0) is 110 Å². The topological polar surface area (TPSA) is 86.3 Å². The van der Waals surface area contributed by atoms with Gasteiger partial charge in [-0.15, -0.1) is 6.58 Å². The van der Waals surface area contributed by atoms with Crippen LogP contribution >= 0.6 is 0 Å². The molecule has 1 aliphatic rings. The predicted molar refractivity (Wildman–Crippen MR) is 229 cm³/mol. The standard InChI is InChI=1S/C47H62N3O4/c1-10-16-18-22-39-24-25-42(34-38(8)46(35-39)40-26-29-45(30-27-40)49(53)54)47(41(19-12-3)20-13-4)43(36-50(9,31-15-6)32-17-11-2)33-37(7)23-28-44(21-14-5)48(51)52/h10,12-13,16,18-19,21-30,35,42H,3-4,7,11,14-15,17,20,31-34,36H2,1-2,5-6,8-9H3/q+1/b16-10-,22-18-,25-24-,28-23-,39-35-,41-19+,44-21+,46-38+,47-43-. The van der Waals surface area contributed by atoms with Gasteiger partial charge < -0.3 is 4.48 Å². The number of nitro groups is 2. The van der Waals surface area contributed by atoms with Crippen LogP contribution in [0.1, 0.15) is 85.1 Å². The molecule has 7 heteroatoms. The van der Waals surface area contributed by atoms with Crippen molar-refractivity contribution in [3.63, 3.8) is 0 Å². The molecule has 0 saturated heterocycles. The van der Waals surface area contributed by atoms with Crippen molar-refractivity contribution in [3.8, 4) is 0 Å². The van der Waals surface area contributed by atoms with E-state index in [0.717, 1.165) is 76.8 Å². The number of unbranched alkanes of at least 4 members (excludes halogenated alkanes) is 1. The Balaban J connectivity index is 3.04. The van der Waals surface area contributed by atoms with Gasteiger partial charge in [0.1, 0.15) is 6.54 Å². The second-order valence-electron chi connectivity index (χ2n) is 14.2. The summed E-state index contributed by atoms with van der Waals surface area (Å²) in [6.45, 7) is 26.0. The highest BCUT2D eigenvalue weighted by Crippen LogP contribution is 2.39. The van der Waals surface area contributed by atoms with Crippen LogP contribution in [-0.4, -0.2) is 41.0 Å². The lowest BCUT2D eigenvalue weighted by molar-refractivity contribution is -0.905. The van der Waals surface area contributed by atoms with Gasteiger partial charge in [-0.1, -0.05) is 112 Å². The summed E-state index contributed by atoms with van der Waals surface area (Å²) in [5.74, 6) is -0.0506. The lowest BCUT2D eigenvalue weighted by Gasteiger charge is -2.37. The average molecular weight is 733 g/mol. The zero-order chi connectivity index (χ0) is 40.1. The first-order valence-electron chi connectivity index (χ1n) is 19.2. The van der Waals surface area contributed by atoms with E-state index in [1.165, 1.54) is 11.1 Å². The molecule has 54 heavy (non-hydrogen) atoms. The number of allylic oxidation sites excluding steroid dienone is 19. The molecule has 0 bridgehead atoms. The van der Waals surface area contributed by atoms with Gasteiger partial charge in [0.25, 0.3) is 11.4 Å². The fraction of sp³-hybridized carbons (Fsp3) is 0.362. The Bertz CT molecular complexity index is 1780. The number of rotatable bonds is 22. The normalized spacial score (nSPS) is 20.2. The molecule has 0 aromatic heterocycles. The third-order valence-corrected chi connectivity index (χ3v) is 9.52. The number of nitro benzene ring substituents is 1. The Labute approximate surface area is 324 Å². The van der Waals surface area contributed by atoms with Gasteiger partial charge in [-0.25, -0.2) is 0 Å². The lowest BCUT2D eigenvalue weighted by atomic mass is 9.78. The van der Waals surface area contributed by atoms with Crippen molar-refractivity contribution >= 4 is 11.3 Å². The number of hydrogen-bond acceptors (Lipinski definition) is 4. The third kappa shape index (κ3) is 14.4. The number of quaternary nitrogens is 1. The molecule has 1 aromatic rings. The van der Waals surface area contributed by atoms with Gasteiger partial charge in [0.15, 0.2) is 0 Å². The molecular weight excluding hydrogens is 671 g/mol. The van der Waals surface area contributed by atoms with Crippen LogP contribution in [0.4, 0.5) is 5.69 Å². The van der Waals surface area contributed by atoms with E-state index in [1.807, 2.05) is 56.4 Å². The molecule has 0 aliphatic heterocycles. The van der Waals surface area contributed by atoms with E-state index in [1.54, 1.807) is 30.4 Å². The van der Waals surface area contributed by atoms with Crippen molar-refractivity contribution in [3.05, 3.63) is 188 Å². The fourth-order valence-electron chi connectivity index (χ4n) is 7.03. The Hall–Kier alpha value is -5.14. The Kier molecular flexibility index (Phi) is 19.6. The predicted octanol–water partition coefficient (Wildman–Crippen LogP) is 12.7. The Morgan fingerprint density at radius 3 is 2.31 bits per heavy atom. The van der Waals surface area contributed by atoms with Crippen LogP contribution in [-0.2, 0) is 0 Å². The maximum absolute atomic E-state index is 11.8. The molecule has 288 valence electrons. The molecule has 0 fully saturated rings. The van der Waals surface area contributed by atoms with Crippen molar-refractivity contribution < 1.29 is 14.3 Å². The molecule has 2 atom stereocenters. The highest BCUT2D eigenvalue weighted by Gasteiger charge is 2.28.